The van der Waals surface area contributed by atoms with Crippen LogP contribution in [-0.4, -0.2) is 9.97 Å². The summed E-state index contributed by atoms with van der Waals surface area (Å²) >= 11 is 0. The number of aromatic nitrogens is 2. The Kier molecular flexibility index (Phi) is 2.98. The minimum Gasteiger partial charge on any atom is -0.210 e. The van der Waals surface area contributed by atoms with Crippen molar-refractivity contribution >= 4 is 0 Å². The van der Waals surface area contributed by atoms with Gasteiger partial charge >= 0.3 is 12.3 Å². The lowest BCUT2D eigenvalue weighted by Gasteiger charge is -2.09. The van der Waals surface area contributed by atoms with Crippen LogP contribution in [-0.2, 0) is 6.18 Å². The molecule has 2 aromatic rings. The Balaban J connectivity index is 2.50. The molecule has 0 aliphatic carbocycles. The highest BCUT2D eigenvalue weighted by Gasteiger charge is 2.34. The van der Waals surface area contributed by atoms with Crippen LogP contribution in [0, 0.1) is 11.9 Å². The van der Waals surface area contributed by atoms with E-state index in [1.807, 2.05) is 0 Å². The Morgan fingerprint density at radius 2 is 1.50 bits per heavy atom. The third-order valence-electron chi connectivity index (χ3n) is 2.23. The summed E-state index contributed by atoms with van der Waals surface area (Å²) in [6.07, 6.45) is -3.73. The van der Waals surface area contributed by atoms with Gasteiger partial charge in [-0.25, -0.2) is 14.4 Å². The van der Waals surface area contributed by atoms with Crippen molar-refractivity contribution in [1.29, 1.82) is 0 Å². The average Bonchev–Trinajstić information content (AvgIpc) is 2.29. The van der Waals surface area contributed by atoms with Crippen molar-refractivity contribution in [2.45, 2.75) is 6.18 Å². The van der Waals surface area contributed by atoms with Crippen molar-refractivity contribution in [3.8, 4) is 11.1 Å². The largest absolute Gasteiger partial charge is 0.419 e. The number of halogens is 5. The molecule has 0 bridgehead atoms. The van der Waals surface area contributed by atoms with Crippen LogP contribution >= 0.6 is 0 Å². The molecule has 7 heteroatoms. The maximum Gasteiger partial charge on any atom is 0.419 e. The Morgan fingerprint density at radius 1 is 0.889 bits per heavy atom. The lowest BCUT2D eigenvalue weighted by atomic mass is 10.1. The second kappa shape index (κ2) is 4.32. The Labute approximate surface area is 98.1 Å². The van der Waals surface area contributed by atoms with Crippen LogP contribution in [0.25, 0.3) is 11.1 Å². The first-order chi connectivity index (χ1) is 8.38. The summed E-state index contributed by atoms with van der Waals surface area (Å²) in [5, 5.41) is 0. The molecule has 0 fully saturated rings. The first kappa shape index (κ1) is 12.4. The Hall–Kier alpha value is -2.05. The third-order valence-corrected chi connectivity index (χ3v) is 2.23. The van der Waals surface area contributed by atoms with E-state index in [2.05, 4.69) is 9.97 Å². The van der Waals surface area contributed by atoms with E-state index in [9.17, 15) is 22.0 Å². The molecule has 0 saturated carbocycles. The highest BCUT2D eigenvalue weighted by Crippen LogP contribution is 2.33. The lowest BCUT2D eigenvalue weighted by Crippen LogP contribution is -2.08. The fourth-order valence-corrected chi connectivity index (χ4v) is 1.38. The summed E-state index contributed by atoms with van der Waals surface area (Å²) in [5.41, 5.74) is -1.16. The molecule has 0 aliphatic rings. The molecule has 0 aliphatic heterocycles. The second-order valence-corrected chi connectivity index (χ2v) is 3.43. The summed E-state index contributed by atoms with van der Waals surface area (Å²) in [6, 6.07) is 2.47. The smallest absolute Gasteiger partial charge is 0.210 e. The van der Waals surface area contributed by atoms with Crippen LogP contribution in [0.5, 0.6) is 0 Å². The fraction of sp³-hybridized carbons (Fsp3) is 0.0909. The van der Waals surface area contributed by atoms with E-state index < -0.39 is 23.6 Å². The van der Waals surface area contributed by atoms with E-state index in [0.717, 1.165) is 18.5 Å². The molecule has 0 saturated heterocycles. The molecule has 94 valence electrons. The second-order valence-electron chi connectivity index (χ2n) is 3.43. The molecule has 0 spiro atoms. The molecule has 1 aromatic carbocycles. The predicted molar refractivity (Wildman–Crippen MR) is 52.4 cm³/mol. The topological polar surface area (TPSA) is 25.8 Å². The Morgan fingerprint density at radius 3 is 2.06 bits per heavy atom. The van der Waals surface area contributed by atoms with Gasteiger partial charge in [-0.3, -0.25) is 0 Å². The number of nitrogens with zero attached hydrogens (tertiary/aromatic N) is 2. The first-order valence-corrected chi connectivity index (χ1v) is 4.72. The van der Waals surface area contributed by atoms with Gasteiger partial charge in [0.1, 0.15) is 5.82 Å². The van der Waals surface area contributed by atoms with Crippen molar-refractivity contribution in [3.05, 3.63) is 48.1 Å². The van der Waals surface area contributed by atoms with Gasteiger partial charge in [-0.1, -0.05) is 6.07 Å². The molecule has 2 nitrogen and oxygen atoms in total. The molecule has 18 heavy (non-hydrogen) atoms. The summed E-state index contributed by atoms with van der Waals surface area (Å²) < 4.78 is 62.9. The van der Waals surface area contributed by atoms with Gasteiger partial charge in [0.05, 0.1) is 5.56 Å². The molecule has 0 radical (unpaired) electrons. The van der Waals surface area contributed by atoms with Gasteiger partial charge < -0.3 is 0 Å². The maximum absolute atomic E-state index is 13.0. The summed E-state index contributed by atoms with van der Waals surface area (Å²) in [5.74, 6) is -1.37. The molecule has 0 N–H and O–H groups in total. The summed E-state index contributed by atoms with van der Waals surface area (Å²) in [6.45, 7) is 0. The van der Waals surface area contributed by atoms with Crippen molar-refractivity contribution in [2.75, 3.05) is 0 Å². The zero-order chi connectivity index (χ0) is 13.3. The van der Waals surface area contributed by atoms with Gasteiger partial charge in [-0.15, -0.1) is 0 Å². The van der Waals surface area contributed by atoms with Crippen LogP contribution in [0.15, 0.2) is 30.6 Å². The van der Waals surface area contributed by atoms with Gasteiger partial charge in [0, 0.05) is 18.0 Å². The van der Waals surface area contributed by atoms with Gasteiger partial charge in [-0.05, 0) is 17.7 Å². The quantitative estimate of drug-likeness (QED) is 0.579. The van der Waals surface area contributed by atoms with Gasteiger partial charge in [0.15, 0.2) is 0 Å². The minimum atomic E-state index is -4.79. The summed E-state index contributed by atoms with van der Waals surface area (Å²) in [4.78, 5) is 6.43. The van der Waals surface area contributed by atoms with Gasteiger partial charge in [-0.2, -0.15) is 17.6 Å². The zero-order valence-corrected chi connectivity index (χ0v) is 8.67. The molecule has 2 rings (SSSR count). The average molecular weight is 260 g/mol. The number of hydrogen-bond acceptors (Lipinski definition) is 2. The molecule has 0 unspecified atom stereocenters. The first-order valence-electron chi connectivity index (χ1n) is 4.72. The maximum atomic E-state index is 13.0. The summed E-state index contributed by atoms with van der Waals surface area (Å²) in [7, 11) is 0. The molecule has 0 atom stereocenters. The van der Waals surface area contributed by atoms with Crippen molar-refractivity contribution in [1.82, 2.24) is 9.97 Å². The Bertz CT molecular complexity index is 563. The van der Waals surface area contributed by atoms with Crippen LogP contribution in [0.2, 0.25) is 0 Å². The van der Waals surface area contributed by atoms with E-state index in [-0.39, 0.29) is 11.1 Å². The predicted octanol–water partition coefficient (Wildman–Crippen LogP) is 3.44. The minimum absolute atomic E-state index is 0.0590. The van der Waals surface area contributed by atoms with E-state index in [1.165, 1.54) is 0 Å². The van der Waals surface area contributed by atoms with Crippen molar-refractivity contribution < 1.29 is 22.0 Å². The molecule has 1 aromatic heterocycles. The molecule has 1 heterocycles. The normalized spacial score (nSPS) is 11.6. The highest BCUT2D eigenvalue weighted by molar-refractivity contribution is 5.62. The van der Waals surface area contributed by atoms with Gasteiger partial charge in [0.25, 0.3) is 0 Å². The van der Waals surface area contributed by atoms with Crippen molar-refractivity contribution in [3.63, 3.8) is 0 Å². The van der Waals surface area contributed by atoms with Crippen LogP contribution < -0.4 is 0 Å². The number of benzene rings is 1. The van der Waals surface area contributed by atoms with Crippen LogP contribution in [0.3, 0.4) is 0 Å². The van der Waals surface area contributed by atoms with E-state index in [0.29, 0.717) is 12.1 Å². The zero-order valence-electron chi connectivity index (χ0n) is 8.67. The van der Waals surface area contributed by atoms with Crippen LogP contribution in [0.4, 0.5) is 22.0 Å². The van der Waals surface area contributed by atoms with Gasteiger partial charge in [0.2, 0.25) is 0 Å². The van der Waals surface area contributed by atoms with E-state index >= 15 is 0 Å². The number of hydrogen-bond donors (Lipinski definition) is 0. The third kappa shape index (κ3) is 2.44. The van der Waals surface area contributed by atoms with E-state index in [1.54, 1.807) is 0 Å². The number of rotatable bonds is 1. The monoisotopic (exact) mass is 260 g/mol. The molecular formula is C11H5F5N2. The van der Waals surface area contributed by atoms with E-state index in [4.69, 9.17) is 0 Å². The lowest BCUT2D eigenvalue weighted by molar-refractivity contribution is -0.139. The fourth-order valence-electron chi connectivity index (χ4n) is 1.38. The van der Waals surface area contributed by atoms with Crippen molar-refractivity contribution in [2.24, 2.45) is 0 Å². The SMILES string of the molecule is Fc1ncc(-c2ccc(F)c(C(F)(F)F)c2)cn1. The molecular weight excluding hydrogens is 255 g/mol. The number of alkyl halides is 3. The highest BCUT2D eigenvalue weighted by atomic mass is 19.4. The van der Waals surface area contributed by atoms with Crippen LogP contribution in [0.1, 0.15) is 5.56 Å². The standard InChI is InChI=1S/C11H5F5N2/c12-9-2-1-6(3-8(9)11(14,15)16)7-4-17-10(13)18-5-7/h1-5H. The molecule has 0 amide bonds.